The monoisotopic (exact) mass is 450 g/mol. The Kier molecular flexibility index (Phi) is 6.91. The summed E-state index contributed by atoms with van der Waals surface area (Å²) in [5, 5.41) is 14.9. The van der Waals surface area contributed by atoms with Gasteiger partial charge in [-0.2, -0.15) is 0 Å². The van der Waals surface area contributed by atoms with Crippen LogP contribution in [0.1, 0.15) is 28.5 Å². The number of nitrogens with zero attached hydrogens (tertiary/aromatic N) is 3. The molecule has 0 saturated heterocycles. The average molecular weight is 451 g/mol. The van der Waals surface area contributed by atoms with Crippen LogP contribution in [0.2, 0.25) is 5.02 Å². The maximum Gasteiger partial charge on any atom is 0.255 e. The molecule has 8 nitrogen and oxygen atoms in total. The zero-order chi connectivity index (χ0) is 21.8. The molecule has 0 aliphatic heterocycles. The molecule has 3 N–H and O–H groups in total. The molecule has 1 amide bonds. The van der Waals surface area contributed by atoms with E-state index in [1.54, 1.807) is 32.2 Å². The maximum absolute atomic E-state index is 13.4. The molecule has 3 rings (SSSR count). The molecule has 0 saturated carbocycles. The number of nitrogens with one attached hydrogen (secondary N) is 3. The molecule has 2 heterocycles. The minimum atomic E-state index is -0.433. The van der Waals surface area contributed by atoms with E-state index in [4.69, 9.17) is 21.7 Å². The Morgan fingerprint density at radius 3 is 2.87 bits per heavy atom. The van der Waals surface area contributed by atoms with Gasteiger partial charge in [0.2, 0.25) is 0 Å². The van der Waals surface area contributed by atoms with Gasteiger partial charge in [0, 0.05) is 42.7 Å². The number of anilines is 1. The van der Waals surface area contributed by atoms with Gasteiger partial charge >= 0.3 is 0 Å². The number of carbonyl (C=O) groups excluding carboxylic acids is 1. The molecule has 1 aromatic carbocycles. The van der Waals surface area contributed by atoms with E-state index in [0.29, 0.717) is 22.9 Å². The SMILES string of the molecule is CNc1cc(Cl)ccc1C(=N)c1cnc2c(n1)c(C(=O)N[C@@H](C)COC)cn2SF. The summed E-state index contributed by atoms with van der Waals surface area (Å²) in [4.78, 5) is 21.4. The van der Waals surface area contributed by atoms with Crippen LogP contribution in [0.15, 0.2) is 30.6 Å². The van der Waals surface area contributed by atoms with Crippen LogP contribution in [0.25, 0.3) is 11.2 Å². The summed E-state index contributed by atoms with van der Waals surface area (Å²) in [6.07, 6.45) is 2.71. The molecule has 0 fully saturated rings. The van der Waals surface area contributed by atoms with Crippen molar-refractivity contribution in [1.29, 1.82) is 5.41 Å². The highest BCUT2D eigenvalue weighted by Gasteiger charge is 2.21. The lowest BCUT2D eigenvalue weighted by molar-refractivity contribution is 0.0907. The molecule has 0 aliphatic carbocycles. The second kappa shape index (κ2) is 9.41. The quantitative estimate of drug-likeness (QED) is 0.452. The van der Waals surface area contributed by atoms with Gasteiger partial charge in [-0.25, -0.2) is 13.9 Å². The maximum atomic E-state index is 13.4. The van der Waals surface area contributed by atoms with Crippen LogP contribution in [0.5, 0.6) is 0 Å². The molecule has 0 spiro atoms. The highest BCUT2D eigenvalue weighted by molar-refractivity contribution is 7.92. The standard InChI is InChI=1S/C19H20ClFN6O2S/c1-10(9-29-3)25-19(28)13-8-27(30-21)18-17(13)26-15(7-24-18)16(22)12-5-4-11(20)6-14(12)23-2/h4-8,10,22-23H,9H2,1-3H3,(H,25,28)/t10-/m0/s1. The summed E-state index contributed by atoms with van der Waals surface area (Å²) < 4.78 is 19.5. The van der Waals surface area contributed by atoms with E-state index in [2.05, 4.69) is 20.6 Å². The number of halogens is 2. The van der Waals surface area contributed by atoms with Crippen molar-refractivity contribution < 1.29 is 13.4 Å². The molecule has 0 unspecified atom stereocenters. The lowest BCUT2D eigenvalue weighted by Gasteiger charge is -2.12. The number of carbonyl (C=O) groups is 1. The van der Waals surface area contributed by atoms with Gasteiger partial charge in [-0.15, -0.1) is 3.89 Å². The zero-order valence-corrected chi connectivity index (χ0v) is 18.1. The van der Waals surface area contributed by atoms with Gasteiger partial charge in [0.15, 0.2) is 18.0 Å². The summed E-state index contributed by atoms with van der Waals surface area (Å²) in [7, 11) is 3.26. The first-order valence-electron chi connectivity index (χ1n) is 8.93. The zero-order valence-electron chi connectivity index (χ0n) is 16.5. The fraction of sp³-hybridized carbons (Fsp3) is 0.263. The minimum absolute atomic E-state index is 0.0849. The second-order valence-electron chi connectivity index (χ2n) is 6.51. The Labute approximate surface area is 182 Å². The molecule has 0 radical (unpaired) electrons. The fourth-order valence-electron chi connectivity index (χ4n) is 2.98. The summed E-state index contributed by atoms with van der Waals surface area (Å²) in [6.45, 7) is 2.12. The first-order valence-corrected chi connectivity index (χ1v) is 9.98. The number of methoxy groups -OCH3 is 1. The number of hydrogen-bond acceptors (Lipinski definition) is 7. The molecule has 11 heteroatoms. The Balaban J connectivity index is 2.04. The van der Waals surface area contributed by atoms with E-state index in [1.807, 2.05) is 0 Å². The number of amides is 1. The minimum Gasteiger partial charge on any atom is -0.388 e. The predicted molar refractivity (Wildman–Crippen MR) is 117 cm³/mol. The normalized spacial score (nSPS) is 12.0. The van der Waals surface area contributed by atoms with Crippen molar-refractivity contribution in [1.82, 2.24) is 19.3 Å². The molecule has 30 heavy (non-hydrogen) atoms. The van der Waals surface area contributed by atoms with E-state index in [0.717, 1.165) is 3.97 Å². The molecule has 1 atom stereocenters. The third kappa shape index (κ3) is 4.40. The number of ether oxygens (including phenoxy) is 1. The summed E-state index contributed by atoms with van der Waals surface area (Å²) in [5.74, 6) is -0.433. The van der Waals surface area contributed by atoms with Crippen molar-refractivity contribution in [3.8, 4) is 0 Å². The molecule has 158 valence electrons. The topological polar surface area (TPSA) is 105 Å². The van der Waals surface area contributed by atoms with Crippen molar-refractivity contribution in [3.63, 3.8) is 0 Å². The Morgan fingerprint density at radius 2 is 2.20 bits per heavy atom. The fourth-order valence-corrected chi connectivity index (χ4v) is 3.49. The first-order chi connectivity index (χ1) is 14.4. The predicted octanol–water partition coefficient (Wildman–Crippen LogP) is 3.69. The van der Waals surface area contributed by atoms with Crippen LogP contribution in [-0.4, -0.2) is 52.4 Å². The van der Waals surface area contributed by atoms with Crippen LogP contribution in [0, 0.1) is 5.41 Å². The van der Waals surface area contributed by atoms with E-state index < -0.39 is 5.91 Å². The summed E-state index contributed by atoms with van der Waals surface area (Å²) >= 11 is 5.95. The number of rotatable bonds is 8. The third-order valence-corrected chi connectivity index (χ3v) is 5.02. The van der Waals surface area contributed by atoms with E-state index in [9.17, 15) is 8.68 Å². The van der Waals surface area contributed by atoms with Crippen molar-refractivity contribution in [2.24, 2.45) is 0 Å². The first kappa shape index (κ1) is 22.0. The van der Waals surface area contributed by atoms with Gasteiger partial charge in [-0.05, 0) is 25.1 Å². The van der Waals surface area contributed by atoms with E-state index in [-0.39, 0.29) is 46.5 Å². The molecule has 0 bridgehead atoms. The van der Waals surface area contributed by atoms with Gasteiger partial charge in [0.25, 0.3) is 5.91 Å². The summed E-state index contributed by atoms with van der Waals surface area (Å²) in [6, 6.07) is 4.82. The smallest absolute Gasteiger partial charge is 0.255 e. The number of aromatic nitrogens is 3. The van der Waals surface area contributed by atoms with Gasteiger partial charge in [-0.3, -0.25) is 10.2 Å². The van der Waals surface area contributed by atoms with E-state index in [1.165, 1.54) is 19.5 Å². The average Bonchev–Trinajstić information content (AvgIpc) is 3.11. The van der Waals surface area contributed by atoms with Crippen molar-refractivity contribution in [3.05, 3.63) is 52.4 Å². The van der Waals surface area contributed by atoms with Crippen molar-refractivity contribution in [2.75, 3.05) is 26.1 Å². The van der Waals surface area contributed by atoms with Crippen LogP contribution < -0.4 is 10.6 Å². The van der Waals surface area contributed by atoms with Crippen LogP contribution in [0.4, 0.5) is 9.57 Å². The largest absolute Gasteiger partial charge is 0.388 e. The highest BCUT2D eigenvalue weighted by Crippen LogP contribution is 2.26. The molecule has 0 aliphatic rings. The van der Waals surface area contributed by atoms with Crippen LogP contribution in [-0.2, 0) is 4.74 Å². The Morgan fingerprint density at radius 1 is 1.43 bits per heavy atom. The highest BCUT2D eigenvalue weighted by atomic mass is 35.5. The molecule has 3 aromatic rings. The lowest BCUT2D eigenvalue weighted by atomic mass is 10.1. The summed E-state index contributed by atoms with van der Waals surface area (Å²) in [5.41, 5.74) is 2.09. The van der Waals surface area contributed by atoms with Crippen LogP contribution in [0.3, 0.4) is 0 Å². The Hall–Kier alpha value is -2.69. The van der Waals surface area contributed by atoms with Crippen LogP contribution >= 0.6 is 23.9 Å². The van der Waals surface area contributed by atoms with E-state index >= 15 is 0 Å². The van der Waals surface area contributed by atoms with Gasteiger partial charge in [0.1, 0.15) is 11.2 Å². The van der Waals surface area contributed by atoms with Gasteiger partial charge in [-0.1, -0.05) is 11.6 Å². The molecule has 2 aromatic heterocycles. The number of benzene rings is 1. The van der Waals surface area contributed by atoms with Crippen molar-refractivity contribution >= 4 is 52.4 Å². The third-order valence-electron chi connectivity index (χ3n) is 4.35. The number of hydrogen-bond donors (Lipinski definition) is 3. The lowest BCUT2D eigenvalue weighted by Crippen LogP contribution is -2.35. The van der Waals surface area contributed by atoms with Gasteiger partial charge < -0.3 is 15.4 Å². The van der Waals surface area contributed by atoms with Crippen molar-refractivity contribution in [2.45, 2.75) is 13.0 Å². The van der Waals surface area contributed by atoms with Gasteiger partial charge in [0.05, 0.1) is 24.1 Å². The molecular formula is C19H20ClFN6O2S. The molecular weight excluding hydrogens is 431 g/mol. The Bertz CT molecular complexity index is 1110. The second-order valence-corrected chi connectivity index (χ2v) is 7.48. The number of fused-ring (bicyclic) bond motifs is 1.